The van der Waals surface area contributed by atoms with Crippen molar-refractivity contribution >= 4 is 28.1 Å². The summed E-state index contributed by atoms with van der Waals surface area (Å²) in [5, 5.41) is 14.5. The van der Waals surface area contributed by atoms with Gasteiger partial charge in [0.1, 0.15) is 11.8 Å². The number of thiazole rings is 1. The summed E-state index contributed by atoms with van der Waals surface area (Å²) in [5.74, 6) is -1.18. The van der Waals surface area contributed by atoms with Crippen LogP contribution in [0.1, 0.15) is 18.5 Å². The summed E-state index contributed by atoms with van der Waals surface area (Å²) in [6, 6.07) is 0. The summed E-state index contributed by atoms with van der Waals surface area (Å²) in [7, 11) is 0. The molecule has 1 aliphatic carbocycles. The molecule has 1 aliphatic rings. The van der Waals surface area contributed by atoms with Crippen LogP contribution in [0.15, 0.2) is 22.7 Å². The molecule has 0 bridgehead atoms. The third kappa shape index (κ3) is 2.82. The summed E-state index contributed by atoms with van der Waals surface area (Å²) < 4.78 is 0. The topological polar surface area (TPSA) is 97.8 Å². The molecule has 1 atom stereocenters. The van der Waals surface area contributed by atoms with E-state index in [1.807, 2.05) is 12.2 Å². The van der Waals surface area contributed by atoms with Gasteiger partial charge in [0.05, 0.1) is 0 Å². The van der Waals surface area contributed by atoms with Gasteiger partial charge in [0, 0.05) is 5.38 Å². The van der Waals surface area contributed by atoms with Gasteiger partial charge in [0.2, 0.25) is 5.71 Å². The van der Waals surface area contributed by atoms with E-state index >= 15 is 0 Å². The number of hydrogen-bond donors (Lipinski definition) is 2. The number of nitrogen functional groups attached to an aromatic ring is 1. The third-order valence-electron chi connectivity index (χ3n) is 2.22. The van der Waals surface area contributed by atoms with Crippen molar-refractivity contribution < 1.29 is 14.7 Å². The van der Waals surface area contributed by atoms with Crippen LogP contribution in [0.25, 0.3) is 0 Å². The summed E-state index contributed by atoms with van der Waals surface area (Å²) in [6.07, 6.45) is 5.42. The summed E-state index contributed by atoms with van der Waals surface area (Å²) in [5.41, 5.74) is 5.44. The predicted octanol–water partition coefficient (Wildman–Crippen LogP) is 1.25. The van der Waals surface area contributed by atoms with Crippen LogP contribution in [0.3, 0.4) is 0 Å². The zero-order valence-corrected chi connectivity index (χ0v) is 9.68. The normalized spacial score (nSPS) is 19.5. The molecule has 0 radical (unpaired) electrons. The van der Waals surface area contributed by atoms with Gasteiger partial charge in [-0.1, -0.05) is 11.2 Å². The molecule has 1 heterocycles. The number of carbonyl (C=O) groups is 1. The molecule has 0 spiro atoms. The number of aromatic nitrogens is 1. The molecule has 0 aromatic carbocycles. The molecule has 3 N–H and O–H groups in total. The average molecular weight is 253 g/mol. The van der Waals surface area contributed by atoms with Crippen molar-refractivity contribution in [3.8, 4) is 0 Å². The number of carboxylic acid groups (broad SMARTS) is 1. The molecule has 17 heavy (non-hydrogen) atoms. The van der Waals surface area contributed by atoms with E-state index in [9.17, 15) is 4.79 Å². The molecule has 1 aromatic rings. The smallest absolute Gasteiger partial charge is 0.360 e. The standard InChI is InChI=1S/C10H11N3O3S/c11-10-12-7(5-17-10)8(9(14)15)13-16-6-3-1-2-4-6/h1,3,5-6H,2,4H2,(H2,11,12)(H,14,15)/b13-8-. The van der Waals surface area contributed by atoms with E-state index in [0.717, 1.165) is 24.2 Å². The Labute approximate surface area is 101 Å². The van der Waals surface area contributed by atoms with Crippen LogP contribution in [0.4, 0.5) is 5.13 Å². The highest BCUT2D eigenvalue weighted by atomic mass is 32.1. The van der Waals surface area contributed by atoms with E-state index in [0.29, 0.717) is 5.13 Å². The van der Waals surface area contributed by atoms with Gasteiger partial charge in [0.15, 0.2) is 5.13 Å². The molecule has 0 amide bonds. The zero-order valence-electron chi connectivity index (χ0n) is 8.87. The lowest BCUT2D eigenvalue weighted by Gasteiger charge is -2.05. The first-order valence-corrected chi connectivity index (χ1v) is 5.90. The highest BCUT2D eigenvalue weighted by molar-refractivity contribution is 7.13. The molecule has 0 aliphatic heterocycles. The Morgan fingerprint density at radius 2 is 2.53 bits per heavy atom. The van der Waals surface area contributed by atoms with E-state index in [1.165, 1.54) is 5.38 Å². The fraction of sp³-hybridized carbons (Fsp3) is 0.300. The lowest BCUT2D eigenvalue weighted by Crippen LogP contribution is -2.17. The molecule has 7 heteroatoms. The van der Waals surface area contributed by atoms with Crippen molar-refractivity contribution in [3.05, 3.63) is 23.2 Å². The molecule has 1 unspecified atom stereocenters. The van der Waals surface area contributed by atoms with Crippen molar-refractivity contribution in [3.63, 3.8) is 0 Å². The number of anilines is 1. The van der Waals surface area contributed by atoms with Crippen LogP contribution in [0.5, 0.6) is 0 Å². The van der Waals surface area contributed by atoms with E-state index in [-0.39, 0.29) is 17.5 Å². The van der Waals surface area contributed by atoms with Gasteiger partial charge in [-0.25, -0.2) is 9.78 Å². The minimum Gasteiger partial charge on any atom is -0.476 e. The third-order valence-corrected chi connectivity index (χ3v) is 2.89. The largest absolute Gasteiger partial charge is 0.476 e. The lowest BCUT2D eigenvalue weighted by molar-refractivity contribution is -0.129. The Morgan fingerprint density at radius 1 is 1.71 bits per heavy atom. The van der Waals surface area contributed by atoms with Crippen molar-refractivity contribution in [2.75, 3.05) is 5.73 Å². The summed E-state index contributed by atoms with van der Waals surface area (Å²) >= 11 is 1.16. The lowest BCUT2D eigenvalue weighted by atomic mass is 10.3. The highest BCUT2D eigenvalue weighted by Gasteiger charge is 2.18. The van der Waals surface area contributed by atoms with Gasteiger partial charge in [-0.05, 0) is 18.9 Å². The SMILES string of the molecule is Nc1nc(/C(=N/OC2C=CCC2)C(=O)O)cs1. The second-order valence-corrected chi connectivity index (χ2v) is 4.36. The molecule has 1 aromatic heterocycles. The van der Waals surface area contributed by atoms with E-state index in [2.05, 4.69) is 10.1 Å². The van der Waals surface area contributed by atoms with Crippen molar-refractivity contribution in [2.45, 2.75) is 18.9 Å². The fourth-order valence-corrected chi connectivity index (χ4v) is 1.95. The number of allylic oxidation sites excluding steroid dienone is 1. The Balaban J connectivity index is 2.14. The molecule has 0 fully saturated rings. The molecular weight excluding hydrogens is 242 g/mol. The van der Waals surface area contributed by atoms with Crippen LogP contribution in [-0.2, 0) is 9.63 Å². The quantitative estimate of drug-likeness (QED) is 0.478. The Kier molecular flexibility index (Phi) is 3.38. The van der Waals surface area contributed by atoms with Gasteiger partial charge in [-0.3, -0.25) is 0 Å². The second-order valence-electron chi connectivity index (χ2n) is 3.47. The van der Waals surface area contributed by atoms with Crippen molar-refractivity contribution in [2.24, 2.45) is 5.16 Å². The molecule has 0 saturated heterocycles. The maximum atomic E-state index is 11.0. The number of oxime groups is 1. The maximum absolute atomic E-state index is 11.0. The Morgan fingerprint density at radius 3 is 3.06 bits per heavy atom. The first-order valence-electron chi connectivity index (χ1n) is 5.02. The van der Waals surface area contributed by atoms with Crippen LogP contribution in [-0.4, -0.2) is 27.9 Å². The minimum atomic E-state index is -1.18. The van der Waals surface area contributed by atoms with Crippen molar-refractivity contribution in [1.82, 2.24) is 4.98 Å². The van der Waals surface area contributed by atoms with Gasteiger partial charge >= 0.3 is 5.97 Å². The minimum absolute atomic E-state index is 0.152. The van der Waals surface area contributed by atoms with E-state index in [4.69, 9.17) is 15.7 Å². The number of hydrogen-bond acceptors (Lipinski definition) is 6. The first kappa shape index (κ1) is 11.6. The van der Waals surface area contributed by atoms with Gasteiger partial charge in [-0.2, -0.15) is 0 Å². The van der Waals surface area contributed by atoms with Crippen LogP contribution in [0.2, 0.25) is 0 Å². The number of rotatable bonds is 4. The van der Waals surface area contributed by atoms with Gasteiger partial charge < -0.3 is 15.7 Å². The Bertz CT molecular complexity index is 481. The van der Waals surface area contributed by atoms with Crippen LogP contribution < -0.4 is 5.73 Å². The van der Waals surface area contributed by atoms with Gasteiger partial charge in [0.25, 0.3) is 0 Å². The molecule has 90 valence electrons. The second kappa shape index (κ2) is 4.96. The number of nitrogens with zero attached hydrogens (tertiary/aromatic N) is 2. The van der Waals surface area contributed by atoms with E-state index < -0.39 is 5.97 Å². The molecule has 2 rings (SSSR count). The summed E-state index contributed by atoms with van der Waals surface area (Å²) in [6.45, 7) is 0. The van der Waals surface area contributed by atoms with E-state index in [1.54, 1.807) is 0 Å². The maximum Gasteiger partial charge on any atom is 0.360 e. The summed E-state index contributed by atoms with van der Waals surface area (Å²) in [4.78, 5) is 20.0. The Hall–Kier alpha value is -1.89. The van der Waals surface area contributed by atoms with Crippen LogP contribution in [0, 0.1) is 0 Å². The molecule has 0 saturated carbocycles. The zero-order chi connectivity index (χ0) is 12.3. The predicted molar refractivity (Wildman–Crippen MR) is 63.9 cm³/mol. The monoisotopic (exact) mass is 253 g/mol. The molecular formula is C10H11N3O3S. The number of nitrogens with two attached hydrogens (primary N) is 1. The van der Waals surface area contributed by atoms with Crippen molar-refractivity contribution in [1.29, 1.82) is 0 Å². The van der Waals surface area contributed by atoms with Gasteiger partial charge in [-0.15, -0.1) is 11.3 Å². The first-order chi connectivity index (χ1) is 8.16. The molecule has 6 nitrogen and oxygen atoms in total. The fourth-order valence-electron chi connectivity index (χ4n) is 1.40. The number of carboxylic acids is 1. The van der Waals surface area contributed by atoms with Crippen LogP contribution >= 0.6 is 11.3 Å². The number of aliphatic carboxylic acids is 1. The highest BCUT2D eigenvalue weighted by Crippen LogP contribution is 2.15. The average Bonchev–Trinajstić information content (AvgIpc) is 2.90.